The molecule has 0 saturated heterocycles. The van der Waals surface area contributed by atoms with Crippen molar-refractivity contribution in [3.05, 3.63) is 166 Å². The molecule has 0 spiro atoms. The fourth-order valence-electron chi connectivity index (χ4n) is 9.01. The zero-order chi connectivity index (χ0) is 77.5. The van der Waals surface area contributed by atoms with Crippen LogP contribution in [0.1, 0.15) is 171 Å². The predicted molar refractivity (Wildman–Crippen MR) is 363 cm³/mol. The standard InChI is InChI=1S/C25H32FN5O5.C18H18FN5O2.C16H25FN2O3.C9H8ClN3O2/c1-7-34-23(32)19-14-28-31-11-10-21(30-22(19)31)29-16(3)18-12-17(26)8-9-20(18)35-15(2)13-27-24(33)36-25(4,5)6;1-10-8-20-18(25)14-9-21-24-6-5-16(23-17(14)24)22-11(2)13-7-12(19)3-4-15(13)26-10;1-10(9-19-15(20)22-16(3,4)5)21-14-7-6-12(17)8-13(14)11(2)18;1-2-15-9(14)6-5-11-13-4-3-7(10)12-8(6)13/h8-12,14-16H,7,13H2,1-6H3,(H,27,33)(H,29,30);3-7,9-11H,8H2,1-2H3,(H,20,25)(H,22,23);6-8,10-11H,9,18H2,1-5H3,(H,19,20);3-5H,2H2,1H3/t15-,16+;2*10-,11+;/m000./s1/i3D3;;2D3;. The van der Waals surface area contributed by atoms with Crippen molar-refractivity contribution >= 4 is 70.2 Å². The normalized spacial score (nSPS) is 15.9. The lowest BCUT2D eigenvalue weighted by molar-refractivity contribution is 0.0494. The number of ether oxygens (including phenoxy) is 7. The Bertz CT molecular complexity index is 4520. The van der Waals surface area contributed by atoms with Gasteiger partial charge in [-0.05, 0) is 170 Å². The maximum absolute atomic E-state index is 14.3. The maximum Gasteiger partial charge on any atom is 0.407 e. The number of nitrogens with two attached hydrogens (primary N) is 1. The highest BCUT2D eigenvalue weighted by Gasteiger charge is 2.25. The third-order valence-electron chi connectivity index (χ3n) is 13.4. The molecule has 0 unspecified atom stereocenters. The van der Waals surface area contributed by atoms with Gasteiger partial charge in [-0.25, -0.2) is 60.8 Å². The van der Waals surface area contributed by atoms with Crippen LogP contribution in [0.3, 0.4) is 0 Å². The zero-order valence-corrected chi connectivity index (χ0v) is 57.2. The second-order valence-electron chi connectivity index (χ2n) is 24.0. The summed E-state index contributed by atoms with van der Waals surface area (Å²) in [7, 11) is 0. The molecule has 3 aromatic carbocycles. The molecule has 27 nitrogen and oxygen atoms in total. The molecular weight excluding hydrogens is 1310 g/mol. The molecule has 0 aliphatic carbocycles. The molecule has 3 amide bonds. The molecule has 9 aromatic rings. The van der Waals surface area contributed by atoms with Crippen molar-refractivity contribution in [2.45, 2.75) is 144 Å². The lowest BCUT2D eigenvalue weighted by Gasteiger charge is -2.23. The molecule has 1 aliphatic heterocycles. The number of esters is 2. The summed E-state index contributed by atoms with van der Waals surface area (Å²) < 4.78 is 130. The van der Waals surface area contributed by atoms with E-state index in [4.69, 9.17) is 58.7 Å². The number of aromatic nitrogens is 9. The average molecular weight is 1400 g/mol. The molecular formula is C68H83ClF3N15O12. The average Bonchev–Trinajstić information content (AvgIpc) is 1.76. The van der Waals surface area contributed by atoms with Crippen LogP contribution < -0.4 is 46.5 Å². The molecule has 99 heavy (non-hydrogen) atoms. The molecule has 0 radical (unpaired) electrons. The third-order valence-corrected chi connectivity index (χ3v) is 13.6. The van der Waals surface area contributed by atoms with Crippen molar-refractivity contribution in [3.8, 4) is 17.2 Å². The smallest absolute Gasteiger partial charge is 0.407 e. The van der Waals surface area contributed by atoms with Crippen LogP contribution in [0.5, 0.6) is 17.2 Å². The van der Waals surface area contributed by atoms with E-state index in [0.29, 0.717) is 57.9 Å². The Morgan fingerprint density at radius 2 is 1.21 bits per heavy atom. The monoisotopic (exact) mass is 1400 g/mol. The molecule has 7 N–H and O–H groups in total. The van der Waals surface area contributed by atoms with Gasteiger partial charge < -0.3 is 65.5 Å². The van der Waals surface area contributed by atoms with E-state index < -0.39 is 85.0 Å². The highest BCUT2D eigenvalue weighted by atomic mass is 35.5. The molecule has 0 saturated carbocycles. The third kappa shape index (κ3) is 22.3. The Kier molecular flexibility index (Phi) is 23.1. The summed E-state index contributed by atoms with van der Waals surface area (Å²) >= 11 is 5.72. The molecule has 6 atom stereocenters. The summed E-state index contributed by atoms with van der Waals surface area (Å²) in [4.78, 5) is 72.7. The SMILES string of the molecule is CCOC(=O)c1cnn2ccc(Cl)nc12.C[C@H]1CNC(=O)c2cnn3ccc(nc23)N[C@H](C)c2cc(F)ccc2O1.[2H]C([2H])([2H])[C@@H](N)c1cc(F)ccc1O[C@@H](C)CNC(=O)OC(C)(C)C.[2H]C([2H])([2H])[C@@H](Nc1ccn2ncc(C(=O)OCC)c2n1)c1cc(F)ccc1O[C@@H](C)CNC(=O)OC(C)(C)C. The van der Waals surface area contributed by atoms with Gasteiger partial charge in [0.1, 0.15) is 97.7 Å². The van der Waals surface area contributed by atoms with Crippen LogP contribution in [-0.2, 0) is 18.9 Å². The first-order chi connectivity index (χ1) is 49.2. The molecule has 2 bridgehead atoms. The van der Waals surface area contributed by atoms with Gasteiger partial charge in [-0.2, -0.15) is 15.3 Å². The summed E-state index contributed by atoms with van der Waals surface area (Å²) in [6.45, 7) is 16.7. The number of benzene rings is 3. The second kappa shape index (κ2) is 34.1. The Morgan fingerprint density at radius 1 is 0.697 bits per heavy atom. The number of hydrogen-bond acceptors (Lipinski definition) is 21. The van der Waals surface area contributed by atoms with Gasteiger partial charge in [0, 0.05) is 49.5 Å². The highest BCUT2D eigenvalue weighted by molar-refractivity contribution is 6.29. The van der Waals surface area contributed by atoms with Gasteiger partial charge in [-0.1, -0.05) is 11.6 Å². The molecule has 10 rings (SSSR count). The van der Waals surface area contributed by atoms with Crippen molar-refractivity contribution in [1.82, 2.24) is 59.7 Å². The van der Waals surface area contributed by atoms with Gasteiger partial charge >= 0.3 is 24.1 Å². The fraction of sp³-hybridized carbons (Fsp3) is 0.397. The van der Waals surface area contributed by atoms with Crippen LogP contribution in [-0.4, -0.2) is 136 Å². The lowest BCUT2D eigenvalue weighted by Crippen LogP contribution is -2.37. The number of hydrogen-bond donors (Lipinski definition) is 6. The molecule has 7 heterocycles. The van der Waals surface area contributed by atoms with Crippen LogP contribution in [0.25, 0.3) is 16.9 Å². The minimum Gasteiger partial charge on any atom is -0.489 e. The van der Waals surface area contributed by atoms with E-state index >= 15 is 0 Å². The number of anilines is 2. The number of alkyl carbamates (subject to hydrolysis) is 2. The summed E-state index contributed by atoms with van der Waals surface area (Å²) in [5.74, 6) is -1.48. The Balaban J connectivity index is 0.000000205. The quantitative estimate of drug-likeness (QED) is 0.0297. The number of carbonyl (C=O) groups is 5. The first kappa shape index (κ1) is 67.1. The second-order valence-corrected chi connectivity index (χ2v) is 24.4. The number of amides is 3. The van der Waals surface area contributed by atoms with E-state index in [1.165, 1.54) is 68.7 Å². The Hall–Kier alpha value is -10.5. The van der Waals surface area contributed by atoms with E-state index in [1.807, 2.05) is 13.8 Å². The summed E-state index contributed by atoms with van der Waals surface area (Å²) in [6, 6.07) is 13.2. The summed E-state index contributed by atoms with van der Waals surface area (Å²) in [5.41, 5.74) is 6.96. The van der Waals surface area contributed by atoms with Gasteiger partial charge in [-0.3, -0.25) is 4.79 Å². The highest BCUT2D eigenvalue weighted by Crippen LogP contribution is 2.32. The zero-order valence-electron chi connectivity index (χ0n) is 62.4. The van der Waals surface area contributed by atoms with Crippen LogP contribution >= 0.6 is 11.6 Å². The largest absolute Gasteiger partial charge is 0.489 e. The van der Waals surface area contributed by atoms with Crippen LogP contribution in [0.15, 0.2) is 110 Å². The molecule has 1 aliphatic rings. The van der Waals surface area contributed by atoms with Crippen molar-refractivity contribution in [3.63, 3.8) is 0 Å². The van der Waals surface area contributed by atoms with Gasteiger partial charge in [0.2, 0.25) is 0 Å². The number of carbonyl (C=O) groups excluding carboxylic acids is 5. The number of nitrogens with one attached hydrogen (secondary N) is 5. The maximum atomic E-state index is 14.3. The molecule has 0 fully saturated rings. The van der Waals surface area contributed by atoms with E-state index in [-0.39, 0.29) is 83.2 Å². The topological polar surface area (TPSA) is 327 Å². The number of nitrogens with zero attached hydrogens (tertiary/aromatic N) is 9. The summed E-state index contributed by atoms with van der Waals surface area (Å²) in [5, 5.41) is 26.5. The minimum absolute atomic E-state index is 0.0138. The van der Waals surface area contributed by atoms with Crippen molar-refractivity contribution < 1.29 is 78.5 Å². The first-order valence-electron chi connectivity index (χ1n) is 34.1. The summed E-state index contributed by atoms with van der Waals surface area (Å²) in [6.07, 6.45) is 6.40. The van der Waals surface area contributed by atoms with Gasteiger partial charge in [-0.15, -0.1) is 0 Å². The van der Waals surface area contributed by atoms with E-state index in [9.17, 15) is 37.1 Å². The van der Waals surface area contributed by atoms with Gasteiger partial charge in [0.15, 0.2) is 16.9 Å². The van der Waals surface area contributed by atoms with Crippen molar-refractivity contribution in [2.24, 2.45) is 5.73 Å². The minimum atomic E-state index is -2.66. The number of rotatable bonds is 16. The fourth-order valence-corrected chi connectivity index (χ4v) is 9.15. The first-order valence-corrected chi connectivity index (χ1v) is 31.5. The van der Waals surface area contributed by atoms with Crippen LogP contribution in [0, 0.1) is 17.5 Å². The van der Waals surface area contributed by atoms with E-state index in [0.717, 1.165) is 24.3 Å². The molecule has 31 heteroatoms. The van der Waals surface area contributed by atoms with E-state index in [1.54, 1.807) is 99.8 Å². The number of fused-ring (bicyclic) bond motifs is 4. The Labute approximate surface area is 583 Å². The van der Waals surface area contributed by atoms with Crippen LogP contribution in [0.4, 0.5) is 34.4 Å². The lowest BCUT2D eigenvalue weighted by atomic mass is 10.1. The van der Waals surface area contributed by atoms with Crippen molar-refractivity contribution in [2.75, 3.05) is 43.5 Å². The van der Waals surface area contributed by atoms with Gasteiger partial charge in [0.25, 0.3) is 5.91 Å². The molecule has 530 valence electrons. The van der Waals surface area contributed by atoms with Gasteiger partial charge in [0.05, 0.1) is 63.5 Å². The van der Waals surface area contributed by atoms with Crippen LogP contribution in [0.2, 0.25) is 5.15 Å². The number of halogens is 4. The molecule has 6 aromatic heterocycles. The van der Waals surface area contributed by atoms with Crippen molar-refractivity contribution in [1.29, 1.82) is 0 Å². The predicted octanol–water partition coefficient (Wildman–Crippen LogP) is 11.8. The van der Waals surface area contributed by atoms with E-state index in [2.05, 4.69) is 56.8 Å². The Morgan fingerprint density at radius 3 is 1.78 bits per heavy atom.